The van der Waals surface area contributed by atoms with Crippen molar-refractivity contribution in [2.45, 2.75) is 24.9 Å². The highest BCUT2D eigenvalue weighted by Gasteiger charge is 2.35. The number of carbonyl (C=O) groups is 2. The average molecular weight is 318 g/mol. The second-order valence-electron chi connectivity index (χ2n) is 6.63. The number of aromatic nitrogens is 2. The number of rotatable bonds is 4. The average Bonchev–Trinajstić information content (AvgIpc) is 3.18. The van der Waals surface area contributed by atoms with Crippen molar-refractivity contribution in [3.63, 3.8) is 0 Å². The second kappa shape index (κ2) is 5.52. The Kier molecular flexibility index (Phi) is 3.48. The van der Waals surface area contributed by atoms with E-state index in [4.69, 9.17) is 0 Å². The van der Waals surface area contributed by atoms with Crippen LogP contribution in [0.5, 0.6) is 0 Å². The molecule has 8 nitrogen and oxygen atoms in total. The topological polar surface area (TPSA) is 73.7 Å². The molecule has 3 saturated heterocycles. The molecule has 1 aromatic rings. The van der Waals surface area contributed by atoms with Crippen molar-refractivity contribution in [1.29, 1.82) is 0 Å². The number of likely N-dealkylation sites (tertiary alicyclic amines) is 2. The molecule has 3 aliphatic rings. The van der Waals surface area contributed by atoms with Crippen LogP contribution >= 0.6 is 0 Å². The van der Waals surface area contributed by atoms with Gasteiger partial charge in [-0.2, -0.15) is 5.10 Å². The molecule has 1 unspecified atom stereocenters. The van der Waals surface area contributed by atoms with Crippen LogP contribution in [0.15, 0.2) is 12.4 Å². The third-order valence-corrected chi connectivity index (χ3v) is 5.17. The summed E-state index contributed by atoms with van der Waals surface area (Å²) in [6.07, 6.45) is 5.36. The van der Waals surface area contributed by atoms with Gasteiger partial charge in [0.25, 0.3) is 0 Å². The van der Waals surface area contributed by atoms with E-state index in [0.29, 0.717) is 31.6 Å². The zero-order chi connectivity index (χ0) is 16.0. The molecule has 1 N–H and O–H groups in total. The summed E-state index contributed by atoms with van der Waals surface area (Å²) in [6.45, 7) is 4.23. The molecule has 0 aliphatic carbocycles. The van der Waals surface area contributed by atoms with E-state index in [0.717, 1.165) is 31.7 Å². The number of carbonyl (C=O) groups excluding carboxylic acids is 2. The third-order valence-electron chi connectivity index (χ3n) is 5.17. The van der Waals surface area contributed by atoms with Crippen molar-refractivity contribution in [2.75, 3.05) is 44.7 Å². The lowest BCUT2D eigenvalue weighted by atomic mass is 10.1. The predicted molar refractivity (Wildman–Crippen MR) is 84.2 cm³/mol. The van der Waals surface area contributed by atoms with Crippen molar-refractivity contribution >= 4 is 17.6 Å². The fourth-order valence-electron chi connectivity index (χ4n) is 3.62. The second-order valence-corrected chi connectivity index (χ2v) is 6.63. The molecular weight excluding hydrogens is 296 g/mol. The maximum Gasteiger partial charge on any atom is 0.322 e. The van der Waals surface area contributed by atoms with Crippen LogP contribution in [-0.4, -0.2) is 77.3 Å². The quantitative estimate of drug-likeness (QED) is 0.841. The zero-order valence-corrected chi connectivity index (χ0v) is 13.3. The molecule has 3 amide bonds. The molecule has 4 heterocycles. The Morgan fingerprint density at radius 2 is 2.17 bits per heavy atom. The largest absolute Gasteiger partial charge is 0.341 e. The maximum atomic E-state index is 11.7. The van der Waals surface area contributed by atoms with E-state index in [-0.39, 0.29) is 11.9 Å². The van der Waals surface area contributed by atoms with Crippen LogP contribution < -0.4 is 10.2 Å². The first kappa shape index (κ1) is 14.5. The van der Waals surface area contributed by atoms with E-state index in [1.807, 2.05) is 22.8 Å². The number of amides is 3. The predicted octanol–water partition coefficient (Wildman–Crippen LogP) is -0.110. The Labute approximate surface area is 135 Å². The van der Waals surface area contributed by atoms with Gasteiger partial charge in [-0.05, 0) is 6.42 Å². The van der Waals surface area contributed by atoms with Crippen molar-refractivity contribution in [3.05, 3.63) is 12.4 Å². The van der Waals surface area contributed by atoms with Crippen molar-refractivity contribution in [2.24, 2.45) is 0 Å². The van der Waals surface area contributed by atoms with E-state index in [1.165, 1.54) is 0 Å². The molecule has 4 rings (SSSR count). The summed E-state index contributed by atoms with van der Waals surface area (Å²) in [7, 11) is 1.90. The third kappa shape index (κ3) is 2.56. The molecule has 1 aromatic heterocycles. The molecule has 0 radical (unpaired) electrons. The zero-order valence-electron chi connectivity index (χ0n) is 13.3. The van der Waals surface area contributed by atoms with Crippen molar-refractivity contribution in [1.82, 2.24) is 24.9 Å². The summed E-state index contributed by atoms with van der Waals surface area (Å²) < 4.78 is 1.96. The number of hydrogen-bond acceptors (Lipinski definition) is 4. The number of urea groups is 1. The lowest BCUT2D eigenvalue weighted by Gasteiger charge is -2.41. The van der Waals surface area contributed by atoms with Gasteiger partial charge in [0, 0.05) is 58.4 Å². The van der Waals surface area contributed by atoms with E-state index < -0.39 is 0 Å². The minimum absolute atomic E-state index is 0.0475. The highest BCUT2D eigenvalue weighted by molar-refractivity contribution is 5.93. The summed E-state index contributed by atoms with van der Waals surface area (Å²) in [4.78, 5) is 29.2. The molecule has 3 fully saturated rings. The Bertz CT molecular complexity index is 623. The molecule has 0 aromatic carbocycles. The molecule has 3 aliphatic heterocycles. The standard InChI is InChI=1S/C15H22N6O2/c1-18-11(2-3-14(18)22)7-19-8-13(9-19)21-10-12(6-17-21)20-5-4-16-15(20)23/h6,10-11,13H,2-5,7-9H2,1H3,(H,16,23). The van der Waals surface area contributed by atoms with Crippen LogP contribution in [0.4, 0.5) is 10.5 Å². The van der Waals surface area contributed by atoms with Crippen LogP contribution in [0.25, 0.3) is 0 Å². The highest BCUT2D eigenvalue weighted by Crippen LogP contribution is 2.26. The van der Waals surface area contributed by atoms with Gasteiger partial charge in [0.2, 0.25) is 5.91 Å². The normalized spacial score (nSPS) is 26.0. The van der Waals surface area contributed by atoms with E-state index in [9.17, 15) is 9.59 Å². The van der Waals surface area contributed by atoms with Crippen LogP contribution in [0, 0.1) is 0 Å². The number of nitrogens with one attached hydrogen (secondary N) is 1. The SMILES string of the molecule is CN1C(=O)CCC1CN1CC(n2cc(N3CCNC3=O)cn2)C1. The lowest BCUT2D eigenvalue weighted by Crippen LogP contribution is -2.52. The molecule has 0 bridgehead atoms. The Morgan fingerprint density at radius 1 is 1.35 bits per heavy atom. The van der Waals surface area contributed by atoms with Gasteiger partial charge in [-0.3, -0.25) is 19.3 Å². The summed E-state index contributed by atoms with van der Waals surface area (Å²) in [5.41, 5.74) is 0.861. The number of nitrogens with zero attached hydrogens (tertiary/aromatic N) is 5. The fourth-order valence-corrected chi connectivity index (χ4v) is 3.62. The van der Waals surface area contributed by atoms with Crippen LogP contribution in [-0.2, 0) is 4.79 Å². The minimum Gasteiger partial charge on any atom is -0.341 e. The van der Waals surface area contributed by atoms with Gasteiger partial charge < -0.3 is 10.2 Å². The van der Waals surface area contributed by atoms with Crippen LogP contribution in [0.3, 0.4) is 0 Å². The Hall–Kier alpha value is -2.09. The summed E-state index contributed by atoms with van der Waals surface area (Å²) in [6, 6.07) is 0.662. The first-order valence-corrected chi connectivity index (χ1v) is 8.19. The van der Waals surface area contributed by atoms with Crippen LogP contribution in [0.2, 0.25) is 0 Å². The molecular formula is C15H22N6O2. The number of anilines is 1. The number of likely N-dealkylation sites (N-methyl/N-ethyl adjacent to an activating group) is 1. The lowest BCUT2D eigenvalue weighted by molar-refractivity contribution is -0.128. The van der Waals surface area contributed by atoms with Crippen LogP contribution in [0.1, 0.15) is 18.9 Å². The fraction of sp³-hybridized carbons (Fsp3) is 0.667. The molecule has 23 heavy (non-hydrogen) atoms. The molecule has 124 valence electrons. The summed E-state index contributed by atoms with van der Waals surface area (Å²) in [5.74, 6) is 0.257. The van der Waals surface area contributed by atoms with E-state index in [1.54, 1.807) is 11.1 Å². The first-order valence-electron chi connectivity index (χ1n) is 8.19. The van der Waals surface area contributed by atoms with Gasteiger partial charge in [0.15, 0.2) is 0 Å². The van der Waals surface area contributed by atoms with Gasteiger partial charge in [-0.25, -0.2) is 4.79 Å². The molecule has 0 saturated carbocycles. The highest BCUT2D eigenvalue weighted by atomic mass is 16.2. The van der Waals surface area contributed by atoms with Gasteiger partial charge in [-0.1, -0.05) is 0 Å². The molecule has 0 spiro atoms. The molecule has 8 heteroatoms. The first-order chi connectivity index (χ1) is 11.1. The van der Waals surface area contributed by atoms with Gasteiger partial charge in [0.1, 0.15) is 0 Å². The van der Waals surface area contributed by atoms with Gasteiger partial charge in [0.05, 0.1) is 17.9 Å². The van der Waals surface area contributed by atoms with Gasteiger partial charge >= 0.3 is 6.03 Å². The minimum atomic E-state index is -0.0475. The molecule has 1 atom stereocenters. The summed E-state index contributed by atoms with van der Waals surface area (Å²) in [5, 5.41) is 7.21. The monoisotopic (exact) mass is 318 g/mol. The maximum absolute atomic E-state index is 11.7. The number of hydrogen-bond donors (Lipinski definition) is 1. The van der Waals surface area contributed by atoms with Crippen molar-refractivity contribution < 1.29 is 9.59 Å². The Morgan fingerprint density at radius 3 is 2.83 bits per heavy atom. The summed E-state index contributed by atoms with van der Waals surface area (Å²) >= 11 is 0. The smallest absolute Gasteiger partial charge is 0.322 e. The van der Waals surface area contributed by atoms with Gasteiger partial charge in [-0.15, -0.1) is 0 Å². The van der Waals surface area contributed by atoms with E-state index >= 15 is 0 Å². The van der Waals surface area contributed by atoms with Crippen molar-refractivity contribution in [3.8, 4) is 0 Å². The van der Waals surface area contributed by atoms with E-state index in [2.05, 4.69) is 15.3 Å². The Balaban J connectivity index is 1.31.